The second kappa shape index (κ2) is 5.98. The van der Waals surface area contributed by atoms with Crippen molar-refractivity contribution in [3.8, 4) is 0 Å². The number of hydrogen-bond donors (Lipinski definition) is 2. The highest BCUT2D eigenvalue weighted by molar-refractivity contribution is 7.18. The number of nitrogens with zero attached hydrogens (tertiary/aromatic N) is 3. The first kappa shape index (κ1) is 13.8. The Labute approximate surface area is 119 Å². The average Bonchev–Trinajstić information content (AvgIpc) is 3.04. The third-order valence-corrected chi connectivity index (χ3v) is 4.52. The van der Waals surface area contributed by atoms with Crippen LogP contribution < -0.4 is 16.0 Å². The molecule has 0 aliphatic heterocycles. The third-order valence-electron chi connectivity index (χ3n) is 2.56. The van der Waals surface area contributed by atoms with E-state index < -0.39 is 0 Å². The molecule has 19 heavy (non-hydrogen) atoms. The first-order chi connectivity index (χ1) is 9.11. The molecule has 1 amide bonds. The molecule has 0 aliphatic carbocycles. The van der Waals surface area contributed by atoms with Crippen LogP contribution in [0.1, 0.15) is 21.5 Å². The van der Waals surface area contributed by atoms with E-state index >= 15 is 0 Å². The van der Waals surface area contributed by atoms with Crippen molar-refractivity contribution in [1.82, 2.24) is 15.3 Å². The first-order valence-corrected chi connectivity index (χ1v) is 7.44. The molecular weight excluding hydrogens is 282 g/mol. The molecule has 2 heterocycles. The lowest BCUT2D eigenvalue weighted by Gasteiger charge is -2.10. The number of carbonyl (C=O) groups is 1. The highest BCUT2D eigenvalue weighted by atomic mass is 32.1. The Kier molecular flexibility index (Phi) is 4.33. The van der Waals surface area contributed by atoms with E-state index in [1.807, 2.05) is 18.9 Å². The summed E-state index contributed by atoms with van der Waals surface area (Å²) >= 11 is 2.80. The van der Waals surface area contributed by atoms with Gasteiger partial charge in [-0.3, -0.25) is 9.78 Å². The lowest BCUT2D eigenvalue weighted by Crippen LogP contribution is -2.22. The number of nitrogen functional groups attached to an aromatic ring is 1. The van der Waals surface area contributed by atoms with Crippen LogP contribution in [0.4, 0.5) is 10.9 Å². The predicted molar refractivity (Wildman–Crippen MR) is 78.8 cm³/mol. The van der Waals surface area contributed by atoms with Crippen molar-refractivity contribution in [3.05, 3.63) is 21.5 Å². The molecule has 2 rings (SSSR count). The minimum atomic E-state index is -0.195. The smallest absolute Gasteiger partial charge is 0.265 e. The Bertz CT molecular complexity index is 551. The summed E-state index contributed by atoms with van der Waals surface area (Å²) in [4.78, 5) is 23.6. The molecule has 0 aliphatic rings. The van der Waals surface area contributed by atoms with Crippen molar-refractivity contribution in [3.63, 3.8) is 0 Å². The van der Waals surface area contributed by atoms with Gasteiger partial charge in [0.05, 0.1) is 12.1 Å². The van der Waals surface area contributed by atoms with Gasteiger partial charge in [0.15, 0.2) is 5.13 Å². The van der Waals surface area contributed by atoms with Crippen LogP contribution in [0, 0.1) is 0 Å². The minimum Gasteiger partial charge on any atom is -0.382 e. The maximum atomic E-state index is 12.0. The molecule has 8 heteroatoms. The van der Waals surface area contributed by atoms with Gasteiger partial charge in [-0.25, -0.2) is 4.98 Å². The lowest BCUT2D eigenvalue weighted by atomic mass is 10.4. The van der Waals surface area contributed by atoms with E-state index in [1.54, 1.807) is 11.7 Å². The molecule has 2 aromatic rings. The summed E-state index contributed by atoms with van der Waals surface area (Å²) in [7, 11) is 1.91. The quantitative estimate of drug-likeness (QED) is 0.875. The summed E-state index contributed by atoms with van der Waals surface area (Å²) in [6.07, 6.45) is 1.73. The fourth-order valence-electron chi connectivity index (χ4n) is 1.36. The van der Waals surface area contributed by atoms with Gasteiger partial charge in [0.1, 0.15) is 10.7 Å². The van der Waals surface area contributed by atoms with Gasteiger partial charge in [0, 0.05) is 24.7 Å². The number of amides is 1. The van der Waals surface area contributed by atoms with Crippen LogP contribution in [0.15, 0.2) is 11.7 Å². The maximum absolute atomic E-state index is 12.0. The molecule has 0 unspecified atom stereocenters. The molecule has 0 spiro atoms. The number of anilines is 2. The van der Waals surface area contributed by atoms with Crippen LogP contribution in [0.2, 0.25) is 0 Å². The Balaban J connectivity index is 2.04. The van der Waals surface area contributed by atoms with Gasteiger partial charge in [-0.1, -0.05) is 11.3 Å². The molecular formula is C11H15N5OS2. The molecule has 0 fully saturated rings. The Morgan fingerprint density at radius 1 is 1.58 bits per heavy atom. The van der Waals surface area contributed by atoms with Crippen LogP contribution in [0.5, 0.6) is 0 Å². The lowest BCUT2D eigenvalue weighted by molar-refractivity contribution is 0.0956. The third kappa shape index (κ3) is 3.21. The summed E-state index contributed by atoms with van der Waals surface area (Å²) in [5, 5.41) is 3.57. The standard InChI is InChI=1S/C11H15N5OS2/c1-3-16(2)11-15-9(12)8(19-11)10(17)14-5-7-4-13-6-18-7/h4,6H,3,5,12H2,1-2H3,(H,14,17). The number of nitrogens with two attached hydrogens (primary N) is 1. The number of aromatic nitrogens is 2. The molecule has 0 radical (unpaired) electrons. The molecule has 2 aromatic heterocycles. The number of nitrogens with one attached hydrogen (secondary N) is 1. The van der Waals surface area contributed by atoms with Crippen molar-refractivity contribution in [2.75, 3.05) is 24.2 Å². The van der Waals surface area contributed by atoms with Gasteiger partial charge in [-0.2, -0.15) is 0 Å². The molecule has 102 valence electrons. The summed E-state index contributed by atoms with van der Waals surface area (Å²) in [6.45, 7) is 3.29. The van der Waals surface area contributed by atoms with Gasteiger partial charge in [0.2, 0.25) is 0 Å². The van der Waals surface area contributed by atoms with E-state index in [9.17, 15) is 4.79 Å². The number of carbonyl (C=O) groups excluding carboxylic acids is 1. The molecule has 0 aromatic carbocycles. The number of rotatable bonds is 5. The second-order valence-corrected chi connectivity index (χ2v) is 5.82. The summed E-state index contributed by atoms with van der Waals surface area (Å²) in [5.41, 5.74) is 7.52. The van der Waals surface area contributed by atoms with Crippen molar-refractivity contribution in [2.24, 2.45) is 0 Å². The van der Waals surface area contributed by atoms with Gasteiger partial charge in [-0.15, -0.1) is 11.3 Å². The second-order valence-electron chi connectivity index (χ2n) is 3.88. The van der Waals surface area contributed by atoms with Crippen LogP contribution in [0.25, 0.3) is 0 Å². The van der Waals surface area contributed by atoms with E-state index in [4.69, 9.17) is 5.73 Å². The molecule has 6 nitrogen and oxygen atoms in total. The van der Waals surface area contributed by atoms with Gasteiger partial charge in [0.25, 0.3) is 5.91 Å². The fourth-order valence-corrected chi connectivity index (χ4v) is 2.82. The molecule has 0 saturated heterocycles. The maximum Gasteiger partial charge on any atom is 0.265 e. The normalized spacial score (nSPS) is 10.4. The monoisotopic (exact) mass is 297 g/mol. The largest absolute Gasteiger partial charge is 0.382 e. The fraction of sp³-hybridized carbons (Fsp3) is 0.364. The Morgan fingerprint density at radius 2 is 2.37 bits per heavy atom. The zero-order valence-electron chi connectivity index (χ0n) is 10.7. The molecule has 0 bridgehead atoms. The van der Waals surface area contributed by atoms with Crippen molar-refractivity contribution < 1.29 is 4.79 Å². The molecule has 0 saturated carbocycles. The molecule has 3 N–H and O–H groups in total. The van der Waals surface area contributed by atoms with E-state index in [-0.39, 0.29) is 11.7 Å². The van der Waals surface area contributed by atoms with Crippen molar-refractivity contribution in [2.45, 2.75) is 13.5 Å². The van der Waals surface area contributed by atoms with Crippen LogP contribution in [-0.4, -0.2) is 29.5 Å². The average molecular weight is 297 g/mol. The van der Waals surface area contributed by atoms with E-state index in [1.165, 1.54) is 22.7 Å². The zero-order chi connectivity index (χ0) is 13.8. The van der Waals surface area contributed by atoms with Gasteiger partial charge >= 0.3 is 0 Å². The van der Waals surface area contributed by atoms with Crippen LogP contribution in [0.3, 0.4) is 0 Å². The Morgan fingerprint density at radius 3 is 3.00 bits per heavy atom. The highest BCUT2D eigenvalue weighted by Gasteiger charge is 2.17. The van der Waals surface area contributed by atoms with E-state index in [2.05, 4.69) is 15.3 Å². The summed E-state index contributed by atoms with van der Waals surface area (Å²) in [6, 6.07) is 0. The van der Waals surface area contributed by atoms with Crippen molar-refractivity contribution in [1.29, 1.82) is 0 Å². The summed E-state index contributed by atoms with van der Waals surface area (Å²) < 4.78 is 0. The number of hydrogen-bond acceptors (Lipinski definition) is 7. The van der Waals surface area contributed by atoms with Gasteiger partial charge in [-0.05, 0) is 6.92 Å². The van der Waals surface area contributed by atoms with Crippen molar-refractivity contribution >= 4 is 39.5 Å². The zero-order valence-corrected chi connectivity index (χ0v) is 12.3. The van der Waals surface area contributed by atoms with E-state index in [0.717, 1.165) is 16.6 Å². The molecule has 0 atom stereocenters. The minimum absolute atomic E-state index is 0.195. The first-order valence-electron chi connectivity index (χ1n) is 5.74. The Hall–Kier alpha value is -1.67. The van der Waals surface area contributed by atoms with Gasteiger partial charge < -0.3 is 16.0 Å². The van der Waals surface area contributed by atoms with Crippen LogP contribution in [-0.2, 0) is 6.54 Å². The number of thiazole rings is 2. The topological polar surface area (TPSA) is 84.1 Å². The van der Waals surface area contributed by atoms with Crippen LogP contribution >= 0.6 is 22.7 Å². The summed E-state index contributed by atoms with van der Waals surface area (Å²) in [5.74, 6) is 0.0845. The SMILES string of the molecule is CCN(C)c1nc(N)c(C(=O)NCc2cncs2)s1. The predicted octanol–water partition coefficient (Wildman–Crippen LogP) is 1.57. The highest BCUT2D eigenvalue weighted by Crippen LogP contribution is 2.27. The van der Waals surface area contributed by atoms with E-state index in [0.29, 0.717) is 11.4 Å².